The Morgan fingerprint density at radius 1 is 1.00 bits per heavy atom. The first-order valence-electron chi connectivity index (χ1n) is 13.4. The van der Waals surface area contributed by atoms with Crippen molar-refractivity contribution in [3.8, 4) is 39.3 Å². The zero-order valence-electron chi connectivity index (χ0n) is 23.7. The van der Waals surface area contributed by atoms with Crippen molar-refractivity contribution >= 4 is 54.8 Å². The van der Waals surface area contributed by atoms with Gasteiger partial charge in [-0.1, -0.05) is 59.6 Å². The van der Waals surface area contributed by atoms with Crippen molar-refractivity contribution in [2.75, 3.05) is 7.11 Å². The van der Waals surface area contributed by atoms with Gasteiger partial charge in [0.2, 0.25) is 5.00 Å². The molecule has 0 aliphatic carbocycles. The molecule has 0 fully saturated rings. The molecule has 0 radical (unpaired) electrons. The Kier molecular flexibility index (Phi) is 7.70. The molecule has 6 rings (SSSR count). The minimum Gasteiger partial charge on any atom is -0.494 e. The van der Waals surface area contributed by atoms with E-state index in [2.05, 4.69) is 4.85 Å². The molecule has 6 aromatic rings. The number of carboxylic acids is 1. The van der Waals surface area contributed by atoms with E-state index in [9.17, 15) is 22.7 Å². The third kappa shape index (κ3) is 5.05. The Morgan fingerprint density at radius 2 is 1.73 bits per heavy atom. The molecule has 7 nitrogen and oxygen atoms in total. The van der Waals surface area contributed by atoms with Crippen LogP contribution in [0.4, 0.5) is 9.39 Å². The lowest BCUT2D eigenvalue weighted by atomic mass is 9.96. The molecule has 1 N–H and O–H groups in total. The molecule has 0 aliphatic rings. The van der Waals surface area contributed by atoms with E-state index >= 15 is 0 Å². The third-order valence-electron chi connectivity index (χ3n) is 7.44. The van der Waals surface area contributed by atoms with E-state index in [0.717, 1.165) is 5.56 Å². The van der Waals surface area contributed by atoms with Crippen LogP contribution in [-0.2, 0) is 10.0 Å². The summed E-state index contributed by atoms with van der Waals surface area (Å²) in [6.07, 6.45) is 0. The monoisotopic (exact) mass is 656 g/mol. The van der Waals surface area contributed by atoms with Gasteiger partial charge in [-0.2, -0.15) is 11.3 Å². The van der Waals surface area contributed by atoms with Gasteiger partial charge in [0, 0.05) is 27.6 Å². The minimum atomic E-state index is -4.27. The highest BCUT2D eigenvalue weighted by Crippen LogP contribution is 2.48. The number of ether oxygens (including phenoxy) is 1. The van der Waals surface area contributed by atoms with Crippen molar-refractivity contribution in [2.45, 2.75) is 11.8 Å². The van der Waals surface area contributed by atoms with Gasteiger partial charge in [0.15, 0.2) is 5.75 Å². The molecule has 11 heteroatoms. The number of thiophene rings is 1. The van der Waals surface area contributed by atoms with Crippen molar-refractivity contribution < 1.29 is 27.4 Å². The van der Waals surface area contributed by atoms with Crippen molar-refractivity contribution in [2.24, 2.45) is 0 Å². The number of benzene rings is 4. The molecular weight excluding hydrogens is 635 g/mol. The van der Waals surface area contributed by atoms with E-state index in [0.29, 0.717) is 38.2 Å². The van der Waals surface area contributed by atoms with Gasteiger partial charge in [-0.05, 0) is 60.3 Å². The largest absolute Gasteiger partial charge is 0.494 e. The van der Waals surface area contributed by atoms with Crippen LogP contribution in [0.1, 0.15) is 15.9 Å². The van der Waals surface area contributed by atoms with E-state index in [1.54, 1.807) is 53.9 Å². The number of aromatic nitrogens is 1. The maximum atomic E-state index is 14.9. The van der Waals surface area contributed by atoms with E-state index < -0.39 is 21.8 Å². The van der Waals surface area contributed by atoms with Crippen molar-refractivity contribution in [3.05, 3.63) is 124 Å². The Labute approximate surface area is 267 Å². The number of methoxy groups -OCH3 is 1. The number of halogens is 2. The average Bonchev–Trinajstić information content (AvgIpc) is 3.63. The summed E-state index contributed by atoms with van der Waals surface area (Å²) in [5.41, 5.74) is 3.52. The third-order valence-corrected chi connectivity index (χ3v) is 10.3. The second-order valence-corrected chi connectivity index (χ2v) is 13.2. The SMILES string of the molecule is [C-]#[N+]c1sccc1-c1c(-c2cccc(-c3ccc(C(=O)O)c(OC)c3Cl)c2)n(S(=O)(=O)c2ccc(C)cc2)c2ccc(F)cc12. The van der Waals surface area contributed by atoms with Crippen molar-refractivity contribution in [1.29, 1.82) is 0 Å². The van der Waals surface area contributed by atoms with Gasteiger partial charge in [0.25, 0.3) is 10.0 Å². The van der Waals surface area contributed by atoms with E-state index in [1.807, 2.05) is 6.92 Å². The van der Waals surface area contributed by atoms with E-state index in [4.69, 9.17) is 22.9 Å². The second-order valence-electron chi connectivity index (χ2n) is 10.1. The van der Waals surface area contributed by atoms with Crippen LogP contribution < -0.4 is 4.74 Å². The standard InChI is InChI=1S/C34H22ClFN2O5S2/c1-19-7-10-23(11-8-19)45(41,42)38-28-14-9-22(36)18-27(28)29(25-15-16-44-33(25)37-2)31(38)21-6-4-5-20(17-21)24-12-13-26(34(39)40)32(43-3)30(24)35/h4-18H,1,3H3,(H,39,40). The molecule has 0 amide bonds. The molecule has 2 heterocycles. The lowest BCUT2D eigenvalue weighted by Gasteiger charge is -2.16. The fraction of sp³-hybridized carbons (Fsp3) is 0.0588. The minimum absolute atomic E-state index is 0.0146. The van der Waals surface area contributed by atoms with Gasteiger partial charge in [0.05, 0.1) is 34.8 Å². The van der Waals surface area contributed by atoms with Crippen molar-refractivity contribution in [1.82, 2.24) is 3.97 Å². The average molecular weight is 657 g/mol. The van der Waals surface area contributed by atoms with Crippen LogP contribution in [0.25, 0.3) is 49.3 Å². The molecule has 4 aromatic carbocycles. The zero-order chi connectivity index (χ0) is 32.0. The first-order valence-corrected chi connectivity index (χ1v) is 16.1. The number of aryl methyl sites for hydroxylation is 1. The molecule has 0 aliphatic heterocycles. The lowest BCUT2D eigenvalue weighted by molar-refractivity contribution is 0.0693. The number of aromatic carboxylic acids is 1. The summed E-state index contributed by atoms with van der Waals surface area (Å²) in [5, 5.41) is 12.0. The molecule has 0 atom stereocenters. The normalized spacial score (nSPS) is 11.4. The number of fused-ring (bicyclic) bond motifs is 1. The molecule has 0 bridgehead atoms. The Hall–Kier alpha value is -4.95. The molecule has 45 heavy (non-hydrogen) atoms. The van der Waals surface area contributed by atoms with Gasteiger partial charge >= 0.3 is 5.97 Å². The topological polar surface area (TPSA) is 90.0 Å². The summed E-state index contributed by atoms with van der Waals surface area (Å²) in [4.78, 5) is 15.5. The highest BCUT2D eigenvalue weighted by molar-refractivity contribution is 7.90. The highest BCUT2D eigenvalue weighted by atomic mass is 35.5. The molecule has 0 spiro atoms. The zero-order valence-corrected chi connectivity index (χ0v) is 26.1. The lowest BCUT2D eigenvalue weighted by Crippen LogP contribution is -2.14. The van der Waals surface area contributed by atoms with Crippen LogP contribution in [0.2, 0.25) is 5.02 Å². The summed E-state index contributed by atoms with van der Waals surface area (Å²) >= 11 is 7.86. The summed E-state index contributed by atoms with van der Waals surface area (Å²) in [5.74, 6) is -1.78. The fourth-order valence-corrected chi connectivity index (χ4v) is 7.97. The highest BCUT2D eigenvalue weighted by Gasteiger charge is 2.30. The van der Waals surface area contributed by atoms with Crippen LogP contribution in [-0.4, -0.2) is 30.6 Å². The Morgan fingerprint density at radius 3 is 2.42 bits per heavy atom. The van der Waals surface area contributed by atoms with Crippen LogP contribution in [0.15, 0.2) is 95.2 Å². The molecule has 0 saturated heterocycles. The Bertz CT molecular complexity index is 2300. The number of nitrogens with zero attached hydrogens (tertiary/aromatic N) is 2. The van der Waals surface area contributed by atoms with Gasteiger partial charge < -0.3 is 9.84 Å². The maximum Gasteiger partial charge on any atom is 0.339 e. The van der Waals surface area contributed by atoms with Gasteiger partial charge in [-0.25, -0.2) is 26.4 Å². The van der Waals surface area contributed by atoms with Gasteiger partial charge in [-0.15, -0.1) is 0 Å². The van der Waals surface area contributed by atoms with Crippen LogP contribution in [0.3, 0.4) is 0 Å². The molecule has 224 valence electrons. The van der Waals surface area contributed by atoms with Gasteiger partial charge in [0.1, 0.15) is 11.4 Å². The number of carbonyl (C=O) groups is 1. The predicted octanol–water partition coefficient (Wildman–Crippen LogP) is 9.30. The fourth-order valence-electron chi connectivity index (χ4n) is 5.39. The number of rotatable bonds is 7. The maximum absolute atomic E-state index is 14.9. The Balaban J connectivity index is 1.72. The van der Waals surface area contributed by atoms with Crippen LogP contribution in [0, 0.1) is 19.3 Å². The number of hydrogen-bond donors (Lipinski definition) is 1. The molecule has 0 unspecified atom stereocenters. The van der Waals surface area contributed by atoms with Gasteiger partial charge in [-0.3, -0.25) is 0 Å². The summed E-state index contributed by atoms with van der Waals surface area (Å²) in [6, 6.07) is 21.9. The van der Waals surface area contributed by atoms with Crippen molar-refractivity contribution in [3.63, 3.8) is 0 Å². The molecule has 0 saturated carbocycles. The van der Waals surface area contributed by atoms with E-state index in [-0.39, 0.29) is 32.4 Å². The first-order chi connectivity index (χ1) is 21.6. The smallest absolute Gasteiger partial charge is 0.339 e. The first kappa shape index (κ1) is 30.1. The second kappa shape index (κ2) is 11.5. The van der Waals surface area contributed by atoms with Crippen LogP contribution >= 0.6 is 22.9 Å². The quantitative estimate of drug-likeness (QED) is 0.173. The summed E-state index contributed by atoms with van der Waals surface area (Å²) in [7, 11) is -2.94. The molecule has 2 aromatic heterocycles. The predicted molar refractivity (Wildman–Crippen MR) is 175 cm³/mol. The summed E-state index contributed by atoms with van der Waals surface area (Å²) < 4.78 is 50.3. The summed E-state index contributed by atoms with van der Waals surface area (Å²) in [6.45, 7) is 9.64. The van der Waals surface area contributed by atoms with E-state index in [1.165, 1.54) is 58.8 Å². The number of carboxylic acid groups (broad SMARTS) is 1. The number of hydrogen-bond acceptors (Lipinski definition) is 5. The molecular formula is C34H22ClFN2O5S2. The van der Waals surface area contributed by atoms with Crippen LogP contribution in [0.5, 0.6) is 5.75 Å².